The van der Waals surface area contributed by atoms with Gasteiger partial charge >= 0.3 is 0 Å². The molecule has 2 N–H and O–H groups in total. The Morgan fingerprint density at radius 2 is 1.94 bits per heavy atom. The molecule has 18 heavy (non-hydrogen) atoms. The molecule has 0 aliphatic heterocycles. The van der Waals surface area contributed by atoms with Crippen LogP contribution >= 0.6 is 0 Å². The Morgan fingerprint density at radius 3 is 2.44 bits per heavy atom. The molecule has 0 fully saturated rings. The molecule has 0 amide bonds. The first-order chi connectivity index (χ1) is 8.54. The third kappa shape index (κ3) is 3.16. The highest BCUT2D eigenvalue weighted by atomic mass is 16.5. The van der Waals surface area contributed by atoms with Crippen molar-refractivity contribution in [3.63, 3.8) is 0 Å². The van der Waals surface area contributed by atoms with Gasteiger partial charge in [-0.05, 0) is 55.9 Å². The monoisotopic (exact) mass is 251 g/mol. The SMILES string of the molecule is CCC(CO)CNc1cc(C)c(OC)c(C)c1C. The summed E-state index contributed by atoms with van der Waals surface area (Å²) in [5.74, 6) is 1.28. The van der Waals surface area contributed by atoms with E-state index in [0.29, 0.717) is 5.92 Å². The van der Waals surface area contributed by atoms with E-state index in [1.165, 1.54) is 11.1 Å². The van der Waals surface area contributed by atoms with Gasteiger partial charge in [0.1, 0.15) is 5.75 Å². The second-order valence-corrected chi connectivity index (χ2v) is 4.86. The Bertz CT molecular complexity index is 398. The van der Waals surface area contributed by atoms with E-state index in [9.17, 15) is 5.11 Å². The average molecular weight is 251 g/mol. The number of benzene rings is 1. The van der Waals surface area contributed by atoms with E-state index in [4.69, 9.17) is 4.74 Å². The Labute approximate surface area is 110 Å². The van der Waals surface area contributed by atoms with Gasteiger partial charge in [-0.2, -0.15) is 0 Å². The summed E-state index contributed by atoms with van der Waals surface area (Å²) in [5, 5.41) is 12.6. The van der Waals surface area contributed by atoms with Crippen LogP contribution in [0.3, 0.4) is 0 Å². The Kier molecular flexibility index (Phi) is 5.48. The fourth-order valence-corrected chi connectivity index (χ4v) is 2.15. The second kappa shape index (κ2) is 6.64. The van der Waals surface area contributed by atoms with E-state index in [2.05, 4.69) is 39.1 Å². The van der Waals surface area contributed by atoms with E-state index < -0.39 is 0 Å². The Balaban J connectivity index is 2.90. The van der Waals surface area contributed by atoms with Crippen LogP contribution in [0, 0.1) is 26.7 Å². The standard InChI is InChI=1S/C15H25NO2/c1-6-13(9-17)8-16-14-7-10(2)15(18-5)12(4)11(14)3/h7,13,16-17H,6,8-9H2,1-5H3. The van der Waals surface area contributed by atoms with Crippen LogP contribution in [0.1, 0.15) is 30.0 Å². The van der Waals surface area contributed by atoms with Gasteiger partial charge in [-0.3, -0.25) is 0 Å². The maximum Gasteiger partial charge on any atom is 0.125 e. The van der Waals surface area contributed by atoms with Gasteiger partial charge in [0.25, 0.3) is 0 Å². The summed E-state index contributed by atoms with van der Waals surface area (Å²) in [6.45, 7) is 9.37. The predicted octanol–water partition coefficient (Wildman–Crippen LogP) is 3.05. The minimum atomic E-state index is 0.233. The van der Waals surface area contributed by atoms with Gasteiger partial charge in [0.15, 0.2) is 0 Å². The molecule has 0 bridgehead atoms. The number of ether oxygens (including phenoxy) is 1. The number of anilines is 1. The molecule has 0 aliphatic carbocycles. The molecule has 1 aromatic carbocycles. The molecule has 0 aromatic heterocycles. The van der Waals surface area contributed by atoms with E-state index in [1.807, 2.05) is 0 Å². The van der Waals surface area contributed by atoms with Gasteiger partial charge in [-0.15, -0.1) is 0 Å². The number of nitrogens with one attached hydrogen (secondary N) is 1. The minimum Gasteiger partial charge on any atom is -0.496 e. The average Bonchev–Trinajstić information content (AvgIpc) is 2.37. The molecular weight excluding hydrogens is 226 g/mol. The van der Waals surface area contributed by atoms with E-state index >= 15 is 0 Å². The summed E-state index contributed by atoms with van der Waals surface area (Å²) in [7, 11) is 1.71. The molecule has 1 aromatic rings. The van der Waals surface area contributed by atoms with Crippen LogP contribution in [0.2, 0.25) is 0 Å². The highest BCUT2D eigenvalue weighted by Gasteiger charge is 2.11. The van der Waals surface area contributed by atoms with Crippen LogP contribution < -0.4 is 10.1 Å². The topological polar surface area (TPSA) is 41.5 Å². The molecule has 102 valence electrons. The maximum atomic E-state index is 9.20. The normalized spacial score (nSPS) is 12.3. The summed E-state index contributed by atoms with van der Waals surface area (Å²) in [6.07, 6.45) is 0.983. The fraction of sp³-hybridized carbons (Fsp3) is 0.600. The Morgan fingerprint density at radius 1 is 1.28 bits per heavy atom. The molecular formula is C15H25NO2. The zero-order chi connectivity index (χ0) is 13.7. The van der Waals surface area contributed by atoms with Crippen molar-refractivity contribution in [3.05, 3.63) is 22.8 Å². The van der Waals surface area contributed by atoms with Crippen LogP contribution in [0.25, 0.3) is 0 Å². The van der Waals surface area contributed by atoms with Crippen molar-refractivity contribution in [2.45, 2.75) is 34.1 Å². The van der Waals surface area contributed by atoms with Crippen LogP contribution in [0.15, 0.2) is 6.07 Å². The summed E-state index contributed by atoms with van der Waals surface area (Å²) in [5.41, 5.74) is 4.67. The molecule has 0 aliphatic rings. The third-order valence-electron chi connectivity index (χ3n) is 3.65. The minimum absolute atomic E-state index is 0.233. The van der Waals surface area contributed by atoms with Crippen LogP contribution in [-0.2, 0) is 0 Å². The first-order valence-corrected chi connectivity index (χ1v) is 6.54. The van der Waals surface area contributed by atoms with Gasteiger partial charge in [0, 0.05) is 18.8 Å². The first-order valence-electron chi connectivity index (χ1n) is 6.54. The van der Waals surface area contributed by atoms with Crippen molar-refractivity contribution in [2.24, 2.45) is 5.92 Å². The first kappa shape index (κ1) is 14.8. The van der Waals surface area contributed by atoms with E-state index in [0.717, 1.165) is 30.0 Å². The number of aliphatic hydroxyl groups excluding tert-OH is 1. The largest absolute Gasteiger partial charge is 0.496 e. The predicted molar refractivity (Wildman–Crippen MR) is 76.6 cm³/mol. The number of hydrogen-bond donors (Lipinski definition) is 2. The third-order valence-corrected chi connectivity index (χ3v) is 3.65. The number of hydrogen-bond acceptors (Lipinski definition) is 3. The zero-order valence-corrected chi connectivity index (χ0v) is 12.1. The molecule has 1 atom stereocenters. The summed E-state index contributed by atoms with van der Waals surface area (Å²) < 4.78 is 5.41. The molecule has 0 spiro atoms. The van der Waals surface area contributed by atoms with Crippen molar-refractivity contribution in [3.8, 4) is 5.75 Å². The highest BCUT2D eigenvalue weighted by Crippen LogP contribution is 2.31. The lowest BCUT2D eigenvalue weighted by molar-refractivity contribution is 0.230. The fourth-order valence-electron chi connectivity index (χ4n) is 2.15. The molecule has 0 radical (unpaired) electrons. The van der Waals surface area contributed by atoms with Crippen molar-refractivity contribution in [1.29, 1.82) is 0 Å². The molecule has 0 saturated carbocycles. The molecule has 3 heteroatoms. The molecule has 1 unspecified atom stereocenters. The lowest BCUT2D eigenvalue weighted by Gasteiger charge is -2.19. The number of methoxy groups -OCH3 is 1. The number of aryl methyl sites for hydroxylation is 1. The van der Waals surface area contributed by atoms with Crippen LogP contribution in [0.4, 0.5) is 5.69 Å². The highest BCUT2D eigenvalue weighted by molar-refractivity contribution is 5.61. The van der Waals surface area contributed by atoms with Gasteiger partial charge in [-0.25, -0.2) is 0 Å². The Hall–Kier alpha value is -1.22. The lowest BCUT2D eigenvalue weighted by atomic mass is 10.0. The van der Waals surface area contributed by atoms with Gasteiger partial charge in [0.2, 0.25) is 0 Å². The van der Waals surface area contributed by atoms with Crippen molar-refractivity contribution in [1.82, 2.24) is 0 Å². The quantitative estimate of drug-likeness (QED) is 0.816. The smallest absolute Gasteiger partial charge is 0.125 e. The van der Waals surface area contributed by atoms with Gasteiger partial charge < -0.3 is 15.2 Å². The van der Waals surface area contributed by atoms with Crippen molar-refractivity contribution < 1.29 is 9.84 Å². The second-order valence-electron chi connectivity index (χ2n) is 4.86. The molecule has 0 saturated heterocycles. The van der Waals surface area contributed by atoms with Gasteiger partial charge in [0.05, 0.1) is 7.11 Å². The lowest BCUT2D eigenvalue weighted by Crippen LogP contribution is -2.17. The van der Waals surface area contributed by atoms with E-state index in [1.54, 1.807) is 7.11 Å². The number of aliphatic hydroxyl groups is 1. The molecule has 3 nitrogen and oxygen atoms in total. The zero-order valence-electron chi connectivity index (χ0n) is 12.1. The summed E-state index contributed by atoms with van der Waals surface area (Å²) in [4.78, 5) is 0. The van der Waals surface area contributed by atoms with Crippen LogP contribution in [-0.4, -0.2) is 25.4 Å². The molecule has 1 rings (SSSR count). The van der Waals surface area contributed by atoms with Gasteiger partial charge in [-0.1, -0.05) is 6.92 Å². The van der Waals surface area contributed by atoms with Crippen LogP contribution in [0.5, 0.6) is 5.75 Å². The molecule has 0 heterocycles. The summed E-state index contributed by atoms with van der Waals surface area (Å²) >= 11 is 0. The van der Waals surface area contributed by atoms with Crippen molar-refractivity contribution in [2.75, 3.05) is 25.6 Å². The van der Waals surface area contributed by atoms with E-state index in [-0.39, 0.29) is 6.61 Å². The number of rotatable bonds is 6. The summed E-state index contributed by atoms with van der Waals surface area (Å²) in [6, 6.07) is 2.12. The van der Waals surface area contributed by atoms with Crippen molar-refractivity contribution >= 4 is 5.69 Å². The maximum absolute atomic E-state index is 9.20.